The fourth-order valence-electron chi connectivity index (χ4n) is 2.70. The van der Waals surface area contributed by atoms with E-state index in [0.29, 0.717) is 13.1 Å². The Morgan fingerprint density at radius 2 is 2.16 bits per heavy atom. The van der Waals surface area contributed by atoms with Crippen molar-refractivity contribution in [1.29, 1.82) is 0 Å². The number of hydrogen-bond acceptors (Lipinski definition) is 6. The standard InChI is InChI=1S/C18H22N6O/c1-5-14(19-6-2)11-24-8-7-16-17(24)18(22-13(4)21-16)20-10-15-9-12(3)25-23-15/h5-9H,10-11H2,1-4H3,(H,20,21,22)/b14-5-,19-6-. The second-order valence-corrected chi connectivity index (χ2v) is 5.75. The zero-order chi connectivity index (χ0) is 17.8. The zero-order valence-electron chi connectivity index (χ0n) is 14.9. The number of rotatable bonds is 6. The van der Waals surface area contributed by atoms with Crippen LogP contribution in [0.3, 0.4) is 0 Å². The van der Waals surface area contributed by atoms with Crippen molar-refractivity contribution >= 4 is 23.1 Å². The van der Waals surface area contributed by atoms with Gasteiger partial charge in [0, 0.05) is 18.5 Å². The molecule has 3 heterocycles. The summed E-state index contributed by atoms with van der Waals surface area (Å²) >= 11 is 0. The normalized spacial score (nSPS) is 12.4. The Labute approximate surface area is 146 Å². The summed E-state index contributed by atoms with van der Waals surface area (Å²) < 4.78 is 7.22. The van der Waals surface area contributed by atoms with E-state index in [2.05, 4.69) is 30.0 Å². The molecule has 1 N–H and O–H groups in total. The van der Waals surface area contributed by atoms with Crippen LogP contribution >= 0.6 is 0 Å². The number of aromatic nitrogens is 4. The molecule has 25 heavy (non-hydrogen) atoms. The second-order valence-electron chi connectivity index (χ2n) is 5.75. The molecule has 0 aliphatic carbocycles. The van der Waals surface area contributed by atoms with Crippen LogP contribution in [-0.2, 0) is 13.1 Å². The average Bonchev–Trinajstić information content (AvgIpc) is 3.18. The highest BCUT2D eigenvalue weighted by Crippen LogP contribution is 2.23. The minimum Gasteiger partial charge on any atom is -0.362 e. The van der Waals surface area contributed by atoms with Crippen molar-refractivity contribution in [2.75, 3.05) is 5.32 Å². The molecule has 0 aliphatic heterocycles. The fraction of sp³-hybridized carbons (Fsp3) is 0.333. The van der Waals surface area contributed by atoms with Crippen molar-refractivity contribution < 1.29 is 4.52 Å². The minimum absolute atomic E-state index is 0.539. The molecule has 0 atom stereocenters. The van der Waals surface area contributed by atoms with Gasteiger partial charge in [-0.15, -0.1) is 0 Å². The van der Waals surface area contributed by atoms with E-state index in [9.17, 15) is 0 Å². The summed E-state index contributed by atoms with van der Waals surface area (Å²) in [7, 11) is 0. The largest absolute Gasteiger partial charge is 0.362 e. The number of fused-ring (bicyclic) bond motifs is 1. The number of anilines is 1. The summed E-state index contributed by atoms with van der Waals surface area (Å²) in [5.74, 6) is 2.30. The third kappa shape index (κ3) is 3.76. The molecule has 7 heteroatoms. The van der Waals surface area contributed by atoms with Gasteiger partial charge in [0.1, 0.15) is 22.8 Å². The van der Waals surface area contributed by atoms with Crippen LogP contribution in [0.4, 0.5) is 5.82 Å². The molecular formula is C18H22N6O. The molecule has 7 nitrogen and oxygen atoms in total. The molecule has 0 aromatic carbocycles. The molecule has 0 bridgehead atoms. The number of aliphatic imine (C=N–C) groups is 1. The quantitative estimate of drug-likeness (QED) is 0.694. The second kappa shape index (κ2) is 7.29. The van der Waals surface area contributed by atoms with Crippen LogP contribution in [0, 0.1) is 13.8 Å². The highest BCUT2D eigenvalue weighted by molar-refractivity contribution is 5.86. The van der Waals surface area contributed by atoms with Gasteiger partial charge < -0.3 is 14.4 Å². The summed E-state index contributed by atoms with van der Waals surface area (Å²) in [6, 6.07) is 3.91. The molecular weight excluding hydrogens is 316 g/mol. The van der Waals surface area contributed by atoms with Gasteiger partial charge in [-0.3, -0.25) is 4.99 Å². The summed E-state index contributed by atoms with van der Waals surface area (Å²) in [6.07, 6.45) is 5.82. The molecule has 3 rings (SSSR count). The van der Waals surface area contributed by atoms with E-state index >= 15 is 0 Å². The van der Waals surface area contributed by atoms with Crippen LogP contribution in [0.25, 0.3) is 11.0 Å². The lowest BCUT2D eigenvalue weighted by Gasteiger charge is -2.11. The molecule has 130 valence electrons. The maximum Gasteiger partial charge on any atom is 0.154 e. The molecule has 0 saturated heterocycles. The van der Waals surface area contributed by atoms with E-state index in [1.807, 2.05) is 52.1 Å². The Bertz CT molecular complexity index is 934. The number of allylic oxidation sites excluding steroid dienone is 2. The Kier molecular flexibility index (Phi) is 4.92. The topological polar surface area (TPSA) is 81.1 Å². The minimum atomic E-state index is 0.539. The highest BCUT2D eigenvalue weighted by Gasteiger charge is 2.12. The first-order chi connectivity index (χ1) is 12.1. The third-order valence-corrected chi connectivity index (χ3v) is 3.80. The summed E-state index contributed by atoms with van der Waals surface area (Å²) in [4.78, 5) is 13.5. The van der Waals surface area contributed by atoms with Gasteiger partial charge in [-0.1, -0.05) is 11.2 Å². The van der Waals surface area contributed by atoms with E-state index in [4.69, 9.17) is 4.52 Å². The van der Waals surface area contributed by atoms with E-state index in [1.54, 1.807) is 6.21 Å². The van der Waals surface area contributed by atoms with Gasteiger partial charge in [0.05, 0.1) is 24.3 Å². The van der Waals surface area contributed by atoms with Gasteiger partial charge >= 0.3 is 0 Å². The first kappa shape index (κ1) is 16.9. The van der Waals surface area contributed by atoms with Crippen molar-refractivity contribution in [3.8, 4) is 0 Å². The van der Waals surface area contributed by atoms with Gasteiger partial charge in [0.2, 0.25) is 0 Å². The van der Waals surface area contributed by atoms with Crippen molar-refractivity contribution in [3.63, 3.8) is 0 Å². The van der Waals surface area contributed by atoms with Crippen LogP contribution in [0.5, 0.6) is 0 Å². The van der Waals surface area contributed by atoms with Crippen molar-refractivity contribution in [1.82, 2.24) is 19.7 Å². The maximum absolute atomic E-state index is 5.12. The SMILES string of the molecule is C/C=N\C(=C/C)Cn1ccc2nc(C)nc(NCc3cc(C)on3)c21. The molecule has 0 unspecified atom stereocenters. The smallest absolute Gasteiger partial charge is 0.154 e. The van der Waals surface area contributed by atoms with Gasteiger partial charge in [0.25, 0.3) is 0 Å². The first-order valence-corrected chi connectivity index (χ1v) is 8.24. The molecule has 0 radical (unpaired) electrons. The van der Waals surface area contributed by atoms with Crippen molar-refractivity contribution in [2.24, 2.45) is 4.99 Å². The van der Waals surface area contributed by atoms with Crippen LogP contribution in [0.2, 0.25) is 0 Å². The molecule has 3 aromatic heterocycles. The lowest BCUT2D eigenvalue weighted by Crippen LogP contribution is -2.07. The van der Waals surface area contributed by atoms with Crippen LogP contribution in [0.15, 0.2) is 39.6 Å². The van der Waals surface area contributed by atoms with Crippen LogP contribution in [-0.4, -0.2) is 25.9 Å². The predicted octanol–water partition coefficient (Wildman–Crippen LogP) is 3.64. The van der Waals surface area contributed by atoms with E-state index in [1.165, 1.54) is 0 Å². The monoisotopic (exact) mass is 338 g/mol. The van der Waals surface area contributed by atoms with Crippen LogP contribution < -0.4 is 5.32 Å². The maximum atomic E-state index is 5.12. The molecule has 0 saturated carbocycles. The number of hydrogen-bond donors (Lipinski definition) is 1. The fourth-order valence-corrected chi connectivity index (χ4v) is 2.70. The molecule has 0 aliphatic rings. The van der Waals surface area contributed by atoms with Gasteiger partial charge in [-0.2, -0.15) is 0 Å². The number of nitrogens with one attached hydrogen (secondary N) is 1. The van der Waals surface area contributed by atoms with Gasteiger partial charge in [0.15, 0.2) is 5.82 Å². The molecule has 0 fully saturated rings. The molecule has 3 aromatic rings. The van der Waals surface area contributed by atoms with E-state index in [-0.39, 0.29) is 0 Å². The lowest BCUT2D eigenvalue weighted by atomic mass is 10.3. The predicted molar refractivity (Wildman–Crippen MR) is 98.8 cm³/mol. The molecule has 0 amide bonds. The van der Waals surface area contributed by atoms with Gasteiger partial charge in [-0.05, 0) is 33.8 Å². The highest BCUT2D eigenvalue weighted by atomic mass is 16.5. The van der Waals surface area contributed by atoms with E-state index < -0.39 is 0 Å². The summed E-state index contributed by atoms with van der Waals surface area (Å²) in [6.45, 7) is 8.87. The Morgan fingerprint density at radius 1 is 1.32 bits per heavy atom. The average molecular weight is 338 g/mol. The molecule has 0 spiro atoms. The number of nitrogens with zero attached hydrogens (tertiary/aromatic N) is 5. The third-order valence-electron chi connectivity index (χ3n) is 3.80. The zero-order valence-corrected chi connectivity index (χ0v) is 14.9. The van der Waals surface area contributed by atoms with E-state index in [0.717, 1.165) is 39.8 Å². The lowest BCUT2D eigenvalue weighted by molar-refractivity contribution is 0.391. The summed E-state index contributed by atoms with van der Waals surface area (Å²) in [5, 5.41) is 7.37. The van der Waals surface area contributed by atoms with Crippen molar-refractivity contribution in [3.05, 3.63) is 47.4 Å². The Morgan fingerprint density at radius 3 is 2.84 bits per heavy atom. The first-order valence-electron chi connectivity index (χ1n) is 8.24. The van der Waals surface area contributed by atoms with Gasteiger partial charge in [-0.25, -0.2) is 9.97 Å². The summed E-state index contributed by atoms with van der Waals surface area (Å²) in [5.41, 5.74) is 3.68. The van der Waals surface area contributed by atoms with Crippen LogP contribution in [0.1, 0.15) is 31.1 Å². The Balaban J connectivity index is 1.94. The van der Waals surface area contributed by atoms with Crippen molar-refractivity contribution in [2.45, 2.75) is 40.8 Å². The number of aryl methyl sites for hydroxylation is 2. The Hall–Kier alpha value is -2.96.